The normalized spacial score (nSPS) is 15.0. The van der Waals surface area contributed by atoms with Crippen molar-refractivity contribution in [2.45, 2.75) is 45.8 Å². The molecule has 7 nitrogen and oxygen atoms in total. The summed E-state index contributed by atoms with van der Waals surface area (Å²) >= 11 is 0. The van der Waals surface area contributed by atoms with Crippen LogP contribution in [0, 0.1) is 13.8 Å². The average Bonchev–Trinajstić information content (AvgIpc) is 3.31. The van der Waals surface area contributed by atoms with Crippen molar-refractivity contribution >= 4 is 5.91 Å². The summed E-state index contributed by atoms with van der Waals surface area (Å²) in [5.41, 5.74) is 5.08. The summed E-state index contributed by atoms with van der Waals surface area (Å²) in [6, 6.07) is 8.54. The molecule has 0 unspecified atom stereocenters. The first-order valence-corrected chi connectivity index (χ1v) is 10.4. The molecular weight excluding hydrogens is 376 g/mol. The highest BCUT2D eigenvalue weighted by molar-refractivity contribution is 5.92. The molecule has 1 amide bonds. The molecule has 1 N–H and O–H groups in total. The van der Waals surface area contributed by atoms with Gasteiger partial charge in [0, 0.05) is 50.8 Å². The van der Waals surface area contributed by atoms with Gasteiger partial charge in [-0.2, -0.15) is 0 Å². The van der Waals surface area contributed by atoms with Crippen LogP contribution in [0.15, 0.2) is 49.2 Å². The van der Waals surface area contributed by atoms with E-state index in [1.165, 1.54) is 11.1 Å². The van der Waals surface area contributed by atoms with Gasteiger partial charge < -0.3 is 9.88 Å². The van der Waals surface area contributed by atoms with Crippen molar-refractivity contribution in [1.29, 1.82) is 0 Å². The number of nitrogens with one attached hydrogen (secondary N) is 1. The van der Waals surface area contributed by atoms with Crippen LogP contribution in [0.2, 0.25) is 0 Å². The van der Waals surface area contributed by atoms with Crippen molar-refractivity contribution in [3.05, 3.63) is 77.4 Å². The lowest BCUT2D eigenvalue weighted by Gasteiger charge is -2.38. The number of nitrogens with zero attached hydrogens (tertiary/aromatic N) is 5. The van der Waals surface area contributed by atoms with Gasteiger partial charge in [-0.3, -0.25) is 19.7 Å². The maximum absolute atomic E-state index is 12.6. The Hall–Kier alpha value is -3.06. The fraction of sp³-hybridized carbons (Fsp3) is 0.391. The number of amides is 1. The van der Waals surface area contributed by atoms with E-state index in [0.29, 0.717) is 11.7 Å². The van der Waals surface area contributed by atoms with Gasteiger partial charge in [-0.25, -0.2) is 4.98 Å². The van der Waals surface area contributed by atoms with E-state index in [-0.39, 0.29) is 5.91 Å². The van der Waals surface area contributed by atoms with Crippen LogP contribution in [0.3, 0.4) is 0 Å². The number of aryl methyl sites for hydroxylation is 2. The second-order valence-electron chi connectivity index (χ2n) is 7.92. The number of carbonyl (C=O) groups excluding carboxylic acids is 1. The number of imidazole rings is 1. The van der Waals surface area contributed by atoms with Crippen LogP contribution >= 0.6 is 0 Å². The summed E-state index contributed by atoms with van der Waals surface area (Å²) in [6.45, 7) is 7.24. The Balaban J connectivity index is 1.49. The van der Waals surface area contributed by atoms with E-state index < -0.39 is 0 Å². The van der Waals surface area contributed by atoms with Crippen molar-refractivity contribution in [3.63, 3.8) is 0 Å². The van der Waals surface area contributed by atoms with Gasteiger partial charge in [-0.15, -0.1) is 0 Å². The molecule has 0 saturated carbocycles. The Morgan fingerprint density at radius 1 is 1.03 bits per heavy atom. The third kappa shape index (κ3) is 4.57. The van der Waals surface area contributed by atoms with Gasteiger partial charge in [0.15, 0.2) is 0 Å². The molecule has 0 aromatic carbocycles. The first kappa shape index (κ1) is 20.2. The van der Waals surface area contributed by atoms with Crippen LogP contribution < -0.4 is 0 Å². The molecule has 1 aliphatic rings. The molecule has 1 fully saturated rings. The summed E-state index contributed by atoms with van der Waals surface area (Å²) in [6.07, 6.45) is 8.78. The van der Waals surface area contributed by atoms with Crippen LogP contribution in [0.1, 0.15) is 45.8 Å². The Bertz CT molecular complexity index is 931. The van der Waals surface area contributed by atoms with Crippen molar-refractivity contribution in [3.8, 4) is 0 Å². The second kappa shape index (κ2) is 9.17. The largest absolute Gasteiger partial charge is 0.350 e. The minimum atomic E-state index is 0.00221. The maximum Gasteiger partial charge on any atom is 0.274 e. The predicted octanol–water partition coefficient (Wildman–Crippen LogP) is 3.12. The molecule has 0 aliphatic carbocycles. The number of aromatic amines is 1. The molecule has 4 rings (SSSR count). The van der Waals surface area contributed by atoms with Gasteiger partial charge in [-0.05, 0) is 49.9 Å². The smallest absolute Gasteiger partial charge is 0.274 e. The molecule has 0 bridgehead atoms. The van der Waals surface area contributed by atoms with E-state index in [1.54, 1.807) is 12.5 Å². The zero-order chi connectivity index (χ0) is 20.9. The molecule has 3 aromatic rings. The topological polar surface area (TPSA) is 78.0 Å². The first-order valence-electron chi connectivity index (χ1n) is 10.4. The SMILES string of the molecule is Cc1cccnc1CN(Cc1ncccc1C)C1CCN(C(=O)c2c[nH]cn2)CC1. The summed E-state index contributed by atoms with van der Waals surface area (Å²) in [7, 11) is 0. The van der Waals surface area contributed by atoms with Crippen LogP contribution in [-0.4, -0.2) is 54.8 Å². The van der Waals surface area contributed by atoms with Crippen LogP contribution in [0.25, 0.3) is 0 Å². The Labute approximate surface area is 177 Å². The molecule has 0 radical (unpaired) electrons. The lowest BCUT2D eigenvalue weighted by molar-refractivity contribution is 0.0584. The first-order chi connectivity index (χ1) is 14.6. The minimum absolute atomic E-state index is 0.00221. The number of rotatable bonds is 6. The molecule has 0 spiro atoms. The highest BCUT2D eigenvalue weighted by Gasteiger charge is 2.29. The summed E-state index contributed by atoms with van der Waals surface area (Å²) in [5, 5.41) is 0. The standard InChI is InChI=1S/C23H28N6O/c1-17-5-3-9-25-21(17)14-29(15-22-18(2)6-4-10-26-22)19-7-11-28(12-8-19)23(30)20-13-24-16-27-20/h3-6,9-10,13,16,19H,7-8,11-12,14-15H2,1-2H3,(H,24,27). The number of piperidine rings is 1. The second-order valence-corrected chi connectivity index (χ2v) is 7.92. The summed E-state index contributed by atoms with van der Waals surface area (Å²) in [5.74, 6) is 0.00221. The van der Waals surface area contributed by atoms with E-state index in [2.05, 4.69) is 50.8 Å². The fourth-order valence-electron chi connectivity index (χ4n) is 4.04. The number of H-pyrrole nitrogens is 1. The number of carbonyl (C=O) groups is 1. The van der Waals surface area contributed by atoms with Crippen LogP contribution in [0.4, 0.5) is 0 Å². The third-order valence-electron chi connectivity index (χ3n) is 5.93. The number of hydrogen-bond donors (Lipinski definition) is 1. The van der Waals surface area contributed by atoms with E-state index in [0.717, 1.165) is 50.4 Å². The fourth-order valence-corrected chi connectivity index (χ4v) is 4.04. The van der Waals surface area contributed by atoms with Gasteiger partial charge in [-0.1, -0.05) is 12.1 Å². The molecule has 30 heavy (non-hydrogen) atoms. The van der Waals surface area contributed by atoms with Crippen LogP contribution in [-0.2, 0) is 13.1 Å². The molecular formula is C23H28N6O. The molecule has 4 heterocycles. The van der Waals surface area contributed by atoms with Crippen molar-refractivity contribution in [2.75, 3.05) is 13.1 Å². The Kier molecular flexibility index (Phi) is 6.18. The molecule has 0 atom stereocenters. The highest BCUT2D eigenvalue weighted by atomic mass is 16.2. The maximum atomic E-state index is 12.6. The minimum Gasteiger partial charge on any atom is -0.350 e. The van der Waals surface area contributed by atoms with E-state index in [1.807, 2.05) is 29.4 Å². The summed E-state index contributed by atoms with van der Waals surface area (Å²) < 4.78 is 0. The zero-order valence-electron chi connectivity index (χ0n) is 17.6. The number of hydrogen-bond acceptors (Lipinski definition) is 5. The third-order valence-corrected chi connectivity index (χ3v) is 5.93. The van der Waals surface area contributed by atoms with Crippen molar-refractivity contribution in [2.24, 2.45) is 0 Å². The zero-order valence-corrected chi connectivity index (χ0v) is 17.6. The molecule has 156 valence electrons. The molecule has 3 aromatic heterocycles. The summed E-state index contributed by atoms with van der Waals surface area (Å²) in [4.78, 5) is 33.2. The van der Waals surface area contributed by atoms with Gasteiger partial charge in [0.1, 0.15) is 5.69 Å². The lowest BCUT2D eigenvalue weighted by Crippen LogP contribution is -2.46. The molecule has 1 aliphatic heterocycles. The molecule has 1 saturated heterocycles. The van der Waals surface area contributed by atoms with Gasteiger partial charge >= 0.3 is 0 Å². The average molecular weight is 405 g/mol. The Morgan fingerprint density at radius 2 is 1.63 bits per heavy atom. The monoisotopic (exact) mass is 404 g/mol. The Morgan fingerprint density at radius 3 is 2.13 bits per heavy atom. The predicted molar refractivity (Wildman–Crippen MR) is 115 cm³/mol. The lowest BCUT2D eigenvalue weighted by atomic mass is 10.0. The van der Waals surface area contributed by atoms with Gasteiger partial charge in [0.25, 0.3) is 5.91 Å². The van der Waals surface area contributed by atoms with Crippen molar-refractivity contribution in [1.82, 2.24) is 29.7 Å². The molecule has 7 heteroatoms. The quantitative estimate of drug-likeness (QED) is 0.683. The van der Waals surface area contributed by atoms with E-state index >= 15 is 0 Å². The number of pyridine rings is 2. The van der Waals surface area contributed by atoms with E-state index in [4.69, 9.17) is 0 Å². The highest BCUT2D eigenvalue weighted by Crippen LogP contribution is 2.23. The van der Waals surface area contributed by atoms with Gasteiger partial charge in [0.2, 0.25) is 0 Å². The van der Waals surface area contributed by atoms with Crippen LogP contribution in [0.5, 0.6) is 0 Å². The number of likely N-dealkylation sites (tertiary alicyclic amines) is 1. The number of aromatic nitrogens is 4. The van der Waals surface area contributed by atoms with Crippen molar-refractivity contribution < 1.29 is 4.79 Å². The van der Waals surface area contributed by atoms with Gasteiger partial charge in [0.05, 0.1) is 17.7 Å². The van der Waals surface area contributed by atoms with E-state index in [9.17, 15) is 4.79 Å².